The maximum atomic E-state index is 12.3. The second kappa shape index (κ2) is 11.5. The SMILES string of the molecule is Cn1ccc(CC(=O)Nc2nnc([C@@H]3CC[C@H](Cc4ccc(CC(=O)Cc5ccccn5)nn4)C3)s2)n1. The van der Waals surface area contributed by atoms with Crippen LogP contribution in [-0.4, -0.2) is 46.8 Å². The minimum absolute atomic E-state index is 0.0729. The van der Waals surface area contributed by atoms with Crippen molar-refractivity contribution in [2.24, 2.45) is 13.0 Å². The number of hydrogen-bond acceptors (Lipinski definition) is 9. The number of carbonyl (C=O) groups is 2. The van der Waals surface area contributed by atoms with E-state index in [1.54, 1.807) is 10.9 Å². The van der Waals surface area contributed by atoms with Gasteiger partial charge >= 0.3 is 0 Å². The summed E-state index contributed by atoms with van der Waals surface area (Å²) < 4.78 is 1.67. The monoisotopic (exact) mass is 516 g/mol. The van der Waals surface area contributed by atoms with E-state index >= 15 is 0 Å². The van der Waals surface area contributed by atoms with Crippen LogP contribution in [0.15, 0.2) is 48.8 Å². The first kappa shape index (κ1) is 24.8. The topological polar surface area (TPSA) is 128 Å². The van der Waals surface area contributed by atoms with Crippen LogP contribution in [0.25, 0.3) is 0 Å². The summed E-state index contributed by atoms with van der Waals surface area (Å²) in [5.41, 5.74) is 3.10. The number of aryl methyl sites for hydroxylation is 1. The number of Topliss-reactive ketones (excluding diaryl/α,β-unsaturated/α-hetero) is 1. The minimum atomic E-state index is -0.147. The van der Waals surface area contributed by atoms with Gasteiger partial charge in [-0.25, -0.2) is 0 Å². The van der Waals surface area contributed by atoms with Gasteiger partial charge in [0.2, 0.25) is 11.0 Å². The first-order chi connectivity index (χ1) is 18.0. The lowest BCUT2D eigenvalue weighted by Crippen LogP contribution is -2.14. The third-order valence-corrected chi connectivity index (χ3v) is 7.44. The molecule has 2 atom stereocenters. The zero-order valence-electron chi connectivity index (χ0n) is 20.6. The lowest BCUT2D eigenvalue weighted by molar-refractivity contribution is -0.118. The van der Waals surface area contributed by atoms with Crippen molar-refractivity contribution in [2.45, 2.75) is 50.9 Å². The Kier molecular flexibility index (Phi) is 7.69. The first-order valence-corrected chi connectivity index (χ1v) is 13.2. The van der Waals surface area contributed by atoms with Crippen molar-refractivity contribution in [3.05, 3.63) is 76.6 Å². The van der Waals surface area contributed by atoms with Crippen LogP contribution in [0.4, 0.5) is 5.13 Å². The molecule has 5 rings (SSSR count). The Hall–Kier alpha value is -3.86. The van der Waals surface area contributed by atoms with Crippen molar-refractivity contribution >= 4 is 28.2 Å². The highest BCUT2D eigenvalue weighted by molar-refractivity contribution is 7.15. The van der Waals surface area contributed by atoms with Gasteiger partial charge in [0.1, 0.15) is 10.8 Å². The van der Waals surface area contributed by atoms with Crippen molar-refractivity contribution in [1.29, 1.82) is 0 Å². The number of anilines is 1. The standard InChI is InChI=1S/C26H28N8O2S/c1-34-11-9-22(33-34)16-24(36)28-26-32-31-25(37-26)18-6-5-17(12-18)13-20-7-8-21(30-29-20)15-23(35)14-19-4-2-3-10-27-19/h2-4,7-11,17-18H,5-6,12-16H2,1H3,(H,28,32,36)/t17-,18+/m0/s1. The summed E-state index contributed by atoms with van der Waals surface area (Å²) in [5.74, 6) is 0.748. The summed E-state index contributed by atoms with van der Waals surface area (Å²) in [6, 6.07) is 11.3. The predicted octanol–water partition coefficient (Wildman–Crippen LogP) is 3.12. The van der Waals surface area contributed by atoms with Crippen molar-refractivity contribution in [2.75, 3.05) is 5.32 Å². The molecule has 0 saturated heterocycles. The maximum absolute atomic E-state index is 12.3. The lowest BCUT2D eigenvalue weighted by atomic mass is 9.99. The third-order valence-electron chi connectivity index (χ3n) is 6.44. The summed E-state index contributed by atoms with van der Waals surface area (Å²) in [7, 11) is 1.82. The molecule has 0 aliphatic heterocycles. The normalized spacial score (nSPS) is 17.1. The molecule has 1 N–H and O–H groups in total. The second-order valence-corrected chi connectivity index (χ2v) is 10.5. The fraction of sp³-hybridized carbons (Fsp3) is 0.385. The molecule has 37 heavy (non-hydrogen) atoms. The molecule has 1 aliphatic carbocycles. The predicted molar refractivity (Wildman–Crippen MR) is 138 cm³/mol. The zero-order valence-corrected chi connectivity index (χ0v) is 21.4. The van der Waals surface area contributed by atoms with Crippen LogP contribution in [0, 0.1) is 5.92 Å². The van der Waals surface area contributed by atoms with Gasteiger partial charge in [0.25, 0.3) is 0 Å². The molecule has 0 aromatic carbocycles. The molecule has 190 valence electrons. The summed E-state index contributed by atoms with van der Waals surface area (Å²) in [5, 5.41) is 25.7. The first-order valence-electron chi connectivity index (χ1n) is 12.3. The molecule has 0 radical (unpaired) electrons. The Morgan fingerprint density at radius 3 is 2.54 bits per heavy atom. The molecule has 1 amide bonds. The summed E-state index contributed by atoms with van der Waals surface area (Å²) >= 11 is 1.45. The molecule has 1 saturated carbocycles. The van der Waals surface area contributed by atoms with E-state index in [0.717, 1.165) is 47.8 Å². The van der Waals surface area contributed by atoms with E-state index in [-0.39, 0.29) is 24.5 Å². The number of aromatic nitrogens is 7. The van der Waals surface area contributed by atoms with Crippen molar-refractivity contribution in [3.8, 4) is 0 Å². The van der Waals surface area contributed by atoms with Gasteiger partial charge in [-0.2, -0.15) is 15.3 Å². The molecule has 4 aromatic heterocycles. The largest absolute Gasteiger partial charge is 0.300 e. The van der Waals surface area contributed by atoms with Crippen molar-refractivity contribution in [1.82, 2.24) is 35.2 Å². The fourth-order valence-corrected chi connectivity index (χ4v) is 5.58. The Bertz CT molecular complexity index is 1350. The van der Waals surface area contributed by atoms with Crippen LogP contribution in [0.5, 0.6) is 0 Å². The molecule has 0 unspecified atom stereocenters. The molecule has 4 aromatic rings. The average molecular weight is 517 g/mol. The van der Waals surface area contributed by atoms with Gasteiger partial charge in [-0.05, 0) is 61.9 Å². The van der Waals surface area contributed by atoms with Crippen LogP contribution in [-0.2, 0) is 42.3 Å². The number of rotatable bonds is 10. The number of amides is 1. The highest BCUT2D eigenvalue weighted by atomic mass is 32.1. The Balaban J connectivity index is 1.08. The molecular weight excluding hydrogens is 488 g/mol. The molecule has 1 fully saturated rings. The van der Waals surface area contributed by atoms with E-state index in [1.165, 1.54) is 11.3 Å². The van der Waals surface area contributed by atoms with E-state index in [9.17, 15) is 9.59 Å². The number of nitrogens with one attached hydrogen (secondary N) is 1. The smallest absolute Gasteiger partial charge is 0.232 e. The van der Waals surface area contributed by atoms with Gasteiger partial charge < -0.3 is 5.32 Å². The van der Waals surface area contributed by atoms with Crippen LogP contribution < -0.4 is 5.32 Å². The molecule has 4 heterocycles. The molecule has 0 bridgehead atoms. The van der Waals surface area contributed by atoms with Crippen LogP contribution in [0.3, 0.4) is 0 Å². The van der Waals surface area contributed by atoms with Gasteiger partial charge in [0, 0.05) is 37.5 Å². The number of pyridine rings is 1. The van der Waals surface area contributed by atoms with Gasteiger partial charge in [0.15, 0.2) is 0 Å². The van der Waals surface area contributed by atoms with Crippen LogP contribution in [0.1, 0.15) is 53.0 Å². The fourth-order valence-electron chi connectivity index (χ4n) is 4.68. The van der Waals surface area contributed by atoms with E-state index in [4.69, 9.17) is 0 Å². The molecule has 1 aliphatic rings. The summed E-state index contributed by atoms with van der Waals surface area (Å²) in [4.78, 5) is 28.8. The molecule has 11 heteroatoms. The van der Waals surface area contributed by atoms with E-state index in [1.807, 2.05) is 49.6 Å². The Morgan fingerprint density at radius 1 is 0.946 bits per heavy atom. The van der Waals surface area contributed by atoms with Gasteiger partial charge in [-0.3, -0.25) is 19.3 Å². The third kappa shape index (κ3) is 6.88. The number of ketones is 1. The molecule has 10 nitrogen and oxygen atoms in total. The highest BCUT2D eigenvalue weighted by Gasteiger charge is 2.29. The second-order valence-electron chi connectivity index (χ2n) is 9.46. The van der Waals surface area contributed by atoms with E-state index in [0.29, 0.717) is 29.1 Å². The van der Waals surface area contributed by atoms with Crippen LogP contribution >= 0.6 is 11.3 Å². The maximum Gasteiger partial charge on any atom is 0.232 e. The van der Waals surface area contributed by atoms with Gasteiger partial charge in [-0.15, -0.1) is 10.2 Å². The zero-order chi connectivity index (χ0) is 25.6. The lowest BCUT2D eigenvalue weighted by Gasteiger charge is -2.09. The quantitative estimate of drug-likeness (QED) is 0.340. The Labute approximate surface area is 218 Å². The summed E-state index contributed by atoms with van der Waals surface area (Å²) in [6.07, 6.45) is 8.24. The number of nitrogens with zero attached hydrogens (tertiary/aromatic N) is 7. The average Bonchev–Trinajstić information content (AvgIpc) is 3.63. The van der Waals surface area contributed by atoms with E-state index in [2.05, 4.69) is 35.8 Å². The van der Waals surface area contributed by atoms with Gasteiger partial charge in [0.05, 0.1) is 29.9 Å². The molecular formula is C26H28N8O2S. The minimum Gasteiger partial charge on any atom is -0.300 e. The summed E-state index contributed by atoms with van der Waals surface area (Å²) in [6.45, 7) is 0. The van der Waals surface area contributed by atoms with Crippen molar-refractivity contribution < 1.29 is 9.59 Å². The Morgan fingerprint density at radius 2 is 1.78 bits per heavy atom. The van der Waals surface area contributed by atoms with Crippen molar-refractivity contribution in [3.63, 3.8) is 0 Å². The van der Waals surface area contributed by atoms with E-state index < -0.39 is 0 Å². The van der Waals surface area contributed by atoms with Crippen LogP contribution in [0.2, 0.25) is 0 Å². The highest BCUT2D eigenvalue weighted by Crippen LogP contribution is 2.41. The number of carbonyl (C=O) groups excluding carboxylic acids is 2. The number of hydrogen-bond donors (Lipinski definition) is 1. The molecule has 0 spiro atoms. The van der Waals surface area contributed by atoms with Gasteiger partial charge in [-0.1, -0.05) is 17.4 Å².